The molecule has 1 aliphatic rings. The molecule has 12 heteroatoms. The summed E-state index contributed by atoms with van der Waals surface area (Å²) in [4.78, 5) is 36.2. The zero-order valence-corrected chi connectivity index (χ0v) is 21.4. The Balaban J connectivity index is 1.75. The molecule has 10 nitrogen and oxygen atoms in total. The molecule has 1 saturated heterocycles. The summed E-state index contributed by atoms with van der Waals surface area (Å²) < 4.78 is 11.6. The zero-order chi connectivity index (χ0) is 26.9. The fourth-order valence-electron chi connectivity index (χ4n) is 3.57. The van der Waals surface area contributed by atoms with Gasteiger partial charge in [0, 0.05) is 11.6 Å². The minimum Gasteiger partial charge on any atom is -0.493 e. The van der Waals surface area contributed by atoms with Crippen molar-refractivity contribution < 1.29 is 24.1 Å². The smallest absolute Gasteiger partial charge is 0.318 e. The van der Waals surface area contributed by atoms with Crippen LogP contribution in [0.2, 0.25) is 0 Å². The first-order valence-corrected chi connectivity index (χ1v) is 12.0. The van der Waals surface area contributed by atoms with Crippen LogP contribution in [0.1, 0.15) is 16.7 Å². The SMILES string of the molecule is COc1cccc(/C=C2/SC(=S)N(c3ccc(C)c(C)c3)C2=O)c1Oc1ccc([N+](=O)[O-])cc1[N+](=O)[O-]. The summed E-state index contributed by atoms with van der Waals surface area (Å²) in [7, 11) is 1.40. The third kappa shape index (κ3) is 5.15. The number of hydrogen-bond acceptors (Lipinski definition) is 9. The molecule has 0 N–H and O–H groups in total. The van der Waals surface area contributed by atoms with Crippen molar-refractivity contribution in [1.29, 1.82) is 0 Å². The summed E-state index contributed by atoms with van der Waals surface area (Å²) in [6, 6.07) is 13.6. The molecule has 0 aromatic heterocycles. The summed E-state index contributed by atoms with van der Waals surface area (Å²) in [6.45, 7) is 3.92. The van der Waals surface area contributed by atoms with Gasteiger partial charge in [-0.25, -0.2) is 0 Å². The first kappa shape index (κ1) is 25.8. The van der Waals surface area contributed by atoms with Crippen molar-refractivity contribution in [2.24, 2.45) is 0 Å². The van der Waals surface area contributed by atoms with Crippen molar-refractivity contribution >= 4 is 57.3 Å². The Morgan fingerprint density at radius 2 is 1.73 bits per heavy atom. The monoisotopic (exact) mass is 537 g/mol. The Kier molecular flexibility index (Phi) is 7.23. The number of aryl methyl sites for hydroxylation is 2. The number of benzene rings is 3. The number of carbonyl (C=O) groups excluding carboxylic acids is 1. The van der Waals surface area contributed by atoms with Crippen LogP contribution in [-0.2, 0) is 4.79 Å². The Morgan fingerprint density at radius 1 is 0.973 bits per heavy atom. The Bertz CT molecular complexity index is 1500. The Hall–Kier alpha value is -4.29. The van der Waals surface area contributed by atoms with Gasteiger partial charge in [-0.05, 0) is 55.3 Å². The van der Waals surface area contributed by atoms with E-state index in [1.165, 1.54) is 12.0 Å². The van der Waals surface area contributed by atoms with Crippen LogP contribution in [0.25, 0.3) is 6.08 Å². The molecule has 188 valence electrons. The fourth-order valence-corrected chi connectivity index (χ4v) is 4.86. The number of nitro groups is 2. The molecule has 0 saturated carbocycles. The van der Waals surface area contributed by atoms with Gasteiger partial charge in [-0.1, -0.05) is 42.2 Å². The van der Waals surface area contributed by atoms with E-state index in [0.29, 0.717) is 20.5 Å². The molecule has 1 aliphatic heterocycles. The summed E-state index contributed by atoms with van der Waals surface area (Å²) >= 11 is 6.59. The number of rotatable bonds is 7. The predicted octanol–water partition coefficient (Wildman–Crippen LogP) is 6.33. The summed E-state index contributed by atoms with van der Waals surface area (Å²) in [5.74, 6) is -0.213. The molecule has 0 unspecified atom stereocenters. The lowest BCUT2D eigenvalue weighted by Gasteiger charge is -2.16. The van der Waals surface area contributed by atoms with Crippen LogP contribution < -0.4 is 14.4 Å². The standard InChI is InChI=1S/C25H19N3O7S2/c1-14-7-8-17(11-15(14)2)26-24(29)22(37-25(26)36)12-16-5-4-6-21(34-3)23(16)35-20-10-9-18(27(30)31)13-19(20)28(32)33/h4-13H,1-3H3/b22-12+. The lowest BCUT2D eigenvalue weighted by Crippen LogP contribution is -2.27. The number of amides is 1. The minimum atomic E-state index is -0.772. The van der Waals surface area contributed by atoms with E-state index in [-0.39, 0.29) is 23.2 Å². The predicted molar refractivity (Wildman–Crippen MR) is 144 cm³/mol. The number of thiocarbonyl (C=S) groups is 1. The molecule has 0 radical (unpaired) electrons. The van der Waals surface area contributed by atoms with Gasteiger partial charge in [0.1, 0.15) is 0 Å². The highest BCUT2D eigenvalue weighted by atomic mass is 32.2. The minimum absolute atomic E-state index is 0.0957. The molecule has 4 rings (SSSR count). The number of non-ortho nitro benzene ring substituents is 1. The van der Waals surface area contributed by atoms with Gasteiger partial charge in [0.15, 0.2) is 15.8 Å². The van der Waals surface area contributed by atoms with Crippen LogP contribution in [0.4, 0.5) is 17.1 Å². The van der Waals surface area contributed by atoms with Gasteiger partial charge in [-0.2, -0.15) is 0 Å². The van der Waals surface area contributed by atoms with Gasteiger partial charge >= 0.3 is 5.69 Å². The number of anilines is 1. The van der Waals surface area contributed by atoms with Gasteiger partial charge in [-0.15, -0.1) is 0 Å². The van der Waals surface area contributed by atoms with E-state index in [2.05, 4.69) is 0 Å². The molecule has 3 aromatic carbocycles. The van der Waals surface area contributed by atoms with Crippen LogP contribution in [0.3, 0.4) is 0 Å². The largest absolute Gasteiger partial charge is 0.493 e. The average Bonchev–Trinajstić information content (AvgIpc) is 3.14. The molecule has 1 heterocycles. The second-order valence-electron chi connectivity index (χ2n) is 7.93. The van der Waals surface area contributed by atoms with Gasteiger partial charge < -0.3 is 9.47 Å². The number of carbonyl (C=O) groups is 1. The maximum Gasteiger partial charge on any atom is 0.318 e. The van der Waals surface area contributed by atoms with Crippen molar-refractivity contribution in [3.8, 4) is 17.2 Å². The van der Waals surface area contributed by atoms with Crippen molar-refractivity contribution in [1.82, 2.24) is 0 Å². The van der Waals surface area contributed by atoms with E-state index in [4.69, 9.17) is 21.7 Å². The van der Waals surface area contributed by atoms with Gasteiger partial charge in [0.25, 0.3) is 11.6 Å². The summed E-state index contributed by atoms with van der Waals surface area (Å²) in [5, 5.41) is 22.7. The summed E-state index contributed by atoms with van der Waals surface area (Å²) in [5.41, 5.74) is 2.11. The molecular formula is C25H19N3O7S2. The van der Waals surface area contributed by atoms with E-state index in [1.807, 2.05) is 32.0 Å². The van der Waals surface area contributed by atoms with Gasteiger partial charge in [-0.3, -0.25) is 29.9 Å². The molecule has 1 amide bonds. The van der Waals surface area contributed by atoms with Crippen molar-refractivity contribution in [2.45, 2.75) is 13.8 Å². The number of hydrogen-bond donors (Lipinski definition) is 0. The first-order valence-electron chi connectivity index (χ1n) is 10.7. The van der Waals surface area contributed by atoms with Crippen LogP contribution in [0.5, 0.6) is 17.2 Å². The van der Waals surface area contributed by atoms with E-state index in [9.17, 15) is 25.0 Å². The van der Waals surface area contributed by atoms with E-state index in [0.717, 1.165) is 41.1 Å². The lowest BCUT2D eigenvalue weighted by molar-refractivity contribution is -0.394. The first-order chi connectivity index (χ1) is 17.6. The quantitative estimate of drug-likeness (QED) is 0.147. The number of nitro benzene ring substituents is 2. The van der Waals surface area contributed by atoms with Gasteiger partial charge in [0.2, 0.25) is 5.75 Å². The second kappa shape index (κ2) is 10.4. The normalized spacial score (nSPS) is 14.2. The lowest BCUT2D eigenvalue weighted by atomic mass is 10.1. The number of para-hydroxylation sites is 1. The molecule has 0 spiro atoms. The number of thioether (sulfide) groups is 1. The topological polar surface area (TPSA) is 125 Å². The molecule has 0 bridgehead atoms. The number of ether oxygens (including phenoxy) is 2. The fraction of sp³-hybridized carbons (Fsp3) is 0.120. The summed E-state index contributed by atoms with van der Waals surface area (Å²) in [6.07, 6.45) is 1.56. The molecular weight excluding hydrogens is 518 g/mol. The van der Waals surface area contributed by atoms with E-state index >= 15 is 0 Å². The van der Waals surface area contributed by atoms with Crippen LogP contribution in [0, 0.1) is 34.1 Å². The molecule has 3 aromatic rings. The number of methoxy groups -OCH3 is 1. The van der Waals surface area contributed by atoms with Crippen molar-refractivity contribution in [3.05, 3.63) is 96.4 Å². The molecule has 37 heavy (non-hydrogen) atoms. The molecule has 0 aliphatic carbocycles. The maximum absolute atomic E-state index is 13.3. The van der Waals surface area contributed by atoms with Crippen LogP contribution in [-0.4, -0.2) is 27.2 Å². The average molecular weight is 538 g/mol. The third-order valence-corrected chi connectivity index (χ3v) is 6.92. The van der Waals surface area contributed by atoms with E-state index < -0.39 is 21.2 Å². The molecule has 1 fully saturated rings. The van der Waals surface area contributed by atoms with Crippen molar-refractivity contribution in [2.75, 3.05) is 12.0 Å². The zero-order valence-electron chi connectivity index (χ0n) is 19.8. The van der Waals surface area contributed by atoms with Crippen LogP contribution in [0.15, 0.2) is 59.5 Å². The Labute approximate surface area is 220 Å². The number of nitrogens with zero attached hydrogens (tertiary/aromatic N) is 3. The highest BCUT2D eigenvalue weighted by molar-refractivity contribution is 8.27. The van der Waals surface area contributed by atoms with Crippen LogP contribution >= 0.6 is 24.0 Å². The highest BCUT2D eigenvalue weighted by Gasteiger charge is 2.34. The van der Waals surface area contributed by atoms with E-state index in [1.54, 1.807) is 24.3 Å². The van der Waals surface area contributed by atoms with Gasteiger partial charge in [0.05, 0.1) is 33.6 Å². The second-order valence-corrected chi connectivity index (χ2v) is 9.61. The van der Waals surface area contributed by atoms with Crippen molar-refractivity contribution in [3.63, 3.8) is 0 Å². The maximum atomic E-state index is 13.3. The highest BCUT2D eigenvalue weighted by Crippen LogP contribution is 2.43. The third-order valence-electron chi connectivity index (χ3n) is 5.62. The molecule has 0 atom stereocenters. The Morgan fingerprint density at radius 3 is 2.38 bits per heavy atom.